The topological polar surface area (TPSA) is 0 Å². The smallest absolute Gasteiger partial charge is 0.0266 e. The number of hydrogen-bond acceptors (Lipinski definition) is 0. The minimum atomic E-state index is 0.798. The van der Waals surface area contributed by atoms with E-state index in [2.05, 4.69) is 12.7 Å². The molecule has 0 aromatic carbocycles. The van der Waals surface area contributed by atoms with E-state index in [1.807, 2.05) is 0 Å². The van der Waals surface area contributed by atoms with Crippen molar-refractivity contribution in [2.45, 2.75) is 51.4 Å². The molecule has 0 N–H and O–H groups in total. The van der Waals surface area contributed by atoms with Crippen LogP contribution in [0, 0.1) is 11.3 Å². The molecule has 0 aliphatic heterocycles. The number of fused-ring (bicyclic) bond motifs is 1. The van der Waals surface area contributed by atoms with Gasteiger partial charge in [0, 0.05) is 0 Å². The molecule has 2 aliphatic carbocycles. The van der Waals surface area contributed by atoms with Gasteiger partial charge in [0.1, 0.15) is 0 Å². The quantitative estimate of drug-likeness (QED) is 0.554. The van der Waals surface area contributed by atoms with Crippen molar-refractivity contribution in [1.82, 2.24) is 0 Å². The Morgan fingerprint density at radius 2 is 2.17 bits per heavy atom. The molecule has 0 radical (unpaired) electrons. The van der Waals surface area contributed by atoms with Crippen LogP contribution in [0.2, 0.25) is 0 Å². The third-order valence-corrected chi connectivity index (χ3v) is 4.18. The number of hydrogen-bond donors (Lipinski definition) is 0. The second kappa shape index (κ2) is 3.24. The zero-order chi connectivity index (χ0) is 8.44. The molecular weight excluding hydrogens is 144 g/mol. The zero-order valence-corrected chi connectivity index (χ0v) is 8.02. The fourth-order valence-corrected chi connectivity index (χ4v) is 3.25. The fraction of sp³-hybridized carbons (Fsp3) is 0.833. The van der Waals surface area contributed by atoms with Crippen molar-refractivity contribution in [2.75, 3.05) is 0 Å². The molecule has 0 nitrogen and oxygen atoms in total. The van der Waals surface area contributed by atoms with Gasteiger partial charge in [0.25, 0.3) is 0 Å². The molecule has 12 heavy (non-hydrogen) atoms. The number of rotatable bonds is 3. The Labute approximate surface area is 76.1 Å². The van der Waals surface area contributed by atoms with E-state index >= 15 is 0 Å². The summed E-state index contributed by atoms with van der Waals surface area (Å²) in [7, 11) is 0. The van der Waals surface area contributed by atoms with Crippen molar-refractivity contribution in [2.24, 2.45) is 11.3 Å². The van der Waals surface area contributed by atoms with Gasteiger partial charge >= 0.3 is 0 Å². The van der Waals surface area contributed by atoms with Crippen LogP contribution in [0.1, 0.15) is 51.4 Å². The van der Waals surface area contributed by atoms with Crippen molar-refractivity contribution in [3.8, 4) is 0 Å². The molecule has 0 aromatic heterocycles. The van der Waals surface area contributed by atoms with Crippen LogP contribution in [0.25, 0.3) is 0 Å². The molecule has 0 aromatic rings. The van der Waals surface area contributed by atoms with E-state index < -0.39 is 0 Å². The maximum Gasteiger partial charge on any atom is -0.0266 e. The monoisotopic (exact) mass is 164 g/mol. The highest BCUT2D eigenvalue weighted by atomic mass is 14.5. The van der Waals surface area contributed by atoms with E-state index in [4.69, 9.17) is 0 Å². The van der Waals surface area contributed by atoms with Gasteiger partial charge in [-0.3, -0.25) is 0 Å². The van der Waals surface area contributed by atoms with Gasteiger partial charge in [0.05, 0.1) is 0 Å². The minimum Gasteiger partial charge on any atom is -0.103 e. The first-order valence-electron chi connectivity index (χ1n) is 5.48. The summed E-state index contributed by atoms with van der Waals surface area (Å²) >= 11 is 0. The highest BCUT2D eigenvalue weighted by molar-refractivity contribution is 4.98. The Morgan fingerprint density at radius 1 is 1.25 bits per heavy atom. The Balaban J connectivity index is 1.93. The van der Waals surface area contributed by atoms with E-state index in [1.54, 1.807) is 0 Å². The molecular formula is C12H20. The molecule has 0 heteroatoms. The Bertz CT molecular complexity index is 171. The van der Waals surface area contributed by atoms with Crippen molar-refractivity contribution < 1.29 is 0 Å². The third-order valence-electron chi connectivity index (χ3n) is 4.18. The van der Waals surface area contributed by atoms with Crippen LogP contribution < -0.4 is 0 Å². The van der Waals surface area contributed by atoms with E-state index in [0.29, 0.717) is 0 Å². The van der Waals surface area contributed by atoms with E-state index in [9.17, 15) is 0 Å². The van der Waals surface area contributed by atoms with Crippen LogP contribution in [-0.2, 0) is 0 Å². The molecule has 2 rings (SSSR count). The molecule has 0 heterocycles. The standard InChI is InChI=1S/C12H20/c1-2-3-8-12-9-5-4-6-11(12)7-10-12/h2,11H,1,3-10H2. The summed E-state index contributed by atoms with van der Waals surface area (Å²) in [5.74, 6) is 1.10. The molecule has 2 fully saturated rings. The largest absolute Gasteiger partial charge is 0.103 e. The van der Waals surface area contributed by atoms with Gasteiger partial charge in [-0.1, -0.05) is 18.9 Å². The predicted octanol–water partition coefficient (Wildman–Crippen LogP) is 3.92. The SMILES string of the molecule is C=CCCC12CCCCC1CC2. The van der Waals surface area contributed by atoms with Crippen LogP contribution in [0.4, 0.5) is 0 Å². The molecule has 2 aliphatic rings. The molecule has 68 valence electrons. The van der Waals surface area contributed by atoms with Gasteiger partial charge < -0.3 is 0 Å². The second-order valence-corrected chi connectivity index (χ2v) is 4.67. The van der Waals surface area contributed by atoms with Crippen LogP contribution in [-0.4, -0.2) is 0 Å². The van der Waals surface area contributed by atoms with E-state index in [-0.39, 0.29) is 0 Å². The number of allylic oxidation sites excluding steroid dienone is 1. The maximum absolute atomic E-state index is 3.83. The van der Waals surface area contributed by atoms with Crippen molar-refractivity contribution in [3.05, 3.63) is 12.7 Å². The summed E-state index contributed by atoms with van der Waals surface area (Å²) in [4.78, 5) is 0. The lowest BCUT2D eigenvalue weighted by Gasteiger charge is -2.53. The first-order valence-corrected chi connectivity index (χ1v) is 5.48. The first kappa shape index (κ1) is 8.34. The third kappa shape index (κ3) is 1.22. The molecule has 2 saturated carbocycles. The van der Waals surface area contributed by atoms with Crippen LogP contribution in [0.3, 0.4) is 0 Å². The summed E-state index contributed by atoms with van der Waals surface area (Å²) in [6.45, 7) is 3.83. The lowest BCUT2D eigenvalue weighted by atomic mass is 9.52. The molecule has 0 bridgehead atoms. The van der Waals surface area contributed by atoms with Gasteiger partial charge in [-0.25, -0.2) is 0 Å². The molecule has 0 spiro atoms. The van der Waals surface area contributed by atoms with Gasteiger partial charge in [-0.15, -0.1) is 6.58 Å². The first-order chi connectivity index (χ1) is 5.87. The molecule has 0 amide bonds. The average Bonchev–Trinajstić information content (AvgIpc) is 2.06. The Hall–Kier alpha value is -0.260. The maximum atomic E-state index is 3.83. The van der Waals surface area contributed by atoms with Crippen molar-refractivity contribution in [1.29, 1.82) is 0 Å². The normalized spacial score (nSPS) is 39.8. The fourth-order valence-electron chi connectivity index (χ4n) is 3.25. The summed E-state index contributed by atoms with van der Waals surface area (Å²) in [5, 5.41) is 0. The highest BCUT2D eigenvalue weighted by Crippen LogP contribution is 2.58. The summed E-state index contributed by atoms with van der Waals surface area (Å²) in [6, 6.07) is 0. The van der Waals surface area contributed by atoms with Crippen LogP contribution in [0.5, 0.6) is 0 Å². The van der Waals surface area contributed by atoms with Gasteiger partial charge in [0.15, 0.2) is 0 Å². The predicted molar refractivity (Wildman–Crippen MR) is 53.1 cm³/mol. The molecule has 0 saturated heterocycles. The van der Waals surface area contributed by atoms with Crippen LogP contribution >= 0.6 is 0 Å². The van der Waals surface area contributed by atoms with Crippen molar-refractivity contribution in [3.63, 3.8) is 0 Å². The second-order valence-electron chi connectivity index (χ2n) is 4.67. The highest BCUT2D eigenvalue weighted by Gasteiger charge is 2.46. The zero-order valence-electron chi connectivity index (χ0n) is 8.02. The van der Waals surface area contributed by atoms with Gasteiger partial charge in [0.2, 0.25) is 0 Å². The summed E-state index contributed by atoms with van der Waals surface area (Å²) < 4.78 is 0. The Kier molecular flexibility index (Phi) is 2.25. The lowest BCUT2D eigenvalue weighted by molar-refractivity contribution is -0.0204. The minimum absolute atomic E-state index is 0.798. The van der Waals surface area contributed by atoms with Gasteiger partial charge in [-0.05, 0) is 49.9 Å². The van der Waals surface area contributed by atoms with E-state index in [0.717, 1.165) is 11.3 Å². The van der Waals surface area contributed by atoms with Crippen LogP contribution in [0.15, 0.2) is 12.7 Å². The molecule has 2 unspecified atom stereocenters. The summed E-state index contributed by atoms with van der Waals surface area (Å²) in [6.07, 6.45) is 13.9. The average molecular weight is 164 g/mol. The van der Waals surface area contributed by atoms with E-state index in [1.165, 1.54) is 51.4 Å². The summed E-state index contributed by atoms with van der Waals surface area (Å²) in [5.41, 5.74) is 0.798. The van der Waals surface area contributed by atoms with Crippen molar-refractivity contribution >= 4 is 0 Å². The van der Waals surface area contributed by atoms with Gasteiger partial charge in [-0.2, -0.15) is 0 Å². The lowest BCUT2D eigenvalue weighted by Crippen LogP contribution is -2.42. The molecule has 2 atom stereocenters. The Morgan fingerprint density at radius 3 is 2.75 bits per heavy atom.